The minimum atomic E-state index is -6.31. The van der Waals surface area contributed by atoms with Crippen molar-refractivity contribution in [3.05, 3.63) is 0 Å². The maximum Gasteiger partial charge on any atom is 0.353 e. The Labute approximate surface area is 107 Å². The van der Waals surface area contributed by atoms with Gasteiger partial charge in [-0.2, -0.15) is 35.1 Å². The molecule has 0 aliphatic heterocycles. The largest absolute Gasteiger partial charge is 0.353 e. The molecule has 0 saturated heterocycles. The van der Waals surface area contributed by atoms with Gasteiger partial charge >= 0.3 is 23.7 Å². The van der Waals surface area contributed by atoms with E-state index >= 15 is 0 Å². The van der Waals surface area contributed by atoms with E-state index in [-0.39, 0.29) is 0 Å². The number of hydrogen-bond donors (Lipinski definition) is 0. The average Bonchev–Trinajstić information content (AvgIpc) is 2.26. The summed E-state index contributed by atoms with van der Waals surface area (Å²) in [5.41, 5.74) is -11.2. The van der Waals surface area contributed by atoms with E-state index in [4.69, 9.17) is 0 Å². The van der Waals surface area contributed by atoms with Crippen molar-refractivity contribution in [2.75, 3.05) is 0 Å². The normalized spacial score (nSPS) is 41.4. The topological polar surface area (TPSA) is 0 Å². The van der Waals surface area contributed by atoms with E-state index in [9.17, 15) is 43.9 Å². The molecule has 0 aromatic rings. The molecule has 0 heterocycles. The highest BCUT2D eigenvalue weighted by molar-refractivity contribution is 5.27. The van der Waals surface area contributed by atoms with Gasteiger partial charge in [0.2, 0.25) is 11.3 Å². The Morgan fingerprint density at radius 3 is 1.15 bits per heavy atom. The second kappa shape index (κ2) is 3.94. The van der Waals surface area contributed by atoms with Crippen molar-refractivity contribution < 1.29 is 43.9 Å². The van der Waals surface area contributed by atoms with Crippen molar-refractivity contribution in [1.82, 2.24) is 0 Å². The fourth-order valence-electron chi connectivity index (χ4n) is 2.14. The molecule has 1 aliphatic rings. The fourth-order valence-corrected chi connectivity index (χ4v) is 2.14. The molecule has 1 saturated carbocycles. The standard InChI is InChI=1S/C10H10F10/c1-3-4-6(12)9(17,18)7(13,14)5(2,11)8(15,16)10(6,19)20/h3-4H2,1-2H3. The minimum absolute atomic E-state index is 0.791. The number of rotatable bonds is 2. The summed E-state index contributed by atoms with van der Waals surface area (Å²) in [7, 11) is 0. The minimum Gasteiger partial charge on any atom is -0.230 e. The van der Waals surface area contributed by atoms with Gasteiger partial charge in [0.15, 0.2) is 0 Å². The molecule has 0 aromatic heterocycles. The van der Waals surface area contributed by atoms with E-state index in [1.54, 1.807) is 0 Å². The van der Waals surface area contributed by atoms with Crippen LogP contribution in [0.3, 0.4) is 0 Å². The van der Waals surface area contributed by atoms with Crippen molar-refractivity contribution in [1.29, 1.82) is 0 Å². The maximum absolute atomic E-state index is 13.8. The van der Waals surface area contributed by atoms with Gasteiger partial charge in [-0.15, -0.1) is 0 Å². The average molecular weight is 320 g/mol. The highest BCUT2D eigenvalue weighted by Gasteiger charge is 2.97. The van der Waals surface area contributed by atoms with Crippen LogP contribution in [0.1, 0.15) is 26.7 Å². The number of alkyl halides is 10. The predicted octanol–water partition coefficient (Wildman–Crippen LogP) is 4.78. The highest BCUT2D eigenvalue weighted by Crippen LogP contribution is 2.69. The van der Waals surface area contributed by atoms with Crippen molar-refractivity contribution >= 4 is 0 Å². The zero-order chi connectivity index (χ0) is 16.4. The van der Waals surface area contributed by atoms with Crippen molar-refractivity contribution in [2.45, 2.75) is 61.7 Å². The van der Waals surface area contributed by atoms with Crippen molar-refractivity contribution in [2.24, 2.45) is 0 Å². The molecular weight excluding hydrogens is 310 g/mol. The lowest BCUT2D eigenvalue weighted by atomic mass is 9.66. The first-order valence-electron chi connectivity index (χ1n) is 5.45. The molecule has 0 spiro atoms. The second-order valence-electron chi connectivity index (χ2n) is 4.85. The quantitative estimate of drug-likeness (QED) is 0.643. The summed E-state index contributed by atoms with van der Waals surface area (Å²) in [5.74, 6) is -25.2. The summed E-state index contributed by atoms with van der Waals surface area (Å²) in [6.07, 6.45) is -2.83. The van der Waals surface area contributed by atoms with Crippen molar-refractivity contribution in [3.63, 3.8) is 0 Å². The molecule has 0 radical (unpaired) electrons. The van der Waals surface area contributed by atoms with Crippen LogP contribution in [0.15, 0.2) is 0 Å². The third kappa shape index (κ3) is 1.40. The van der Waals surface area contributed by atoms with E-state index in [0.29, 0.717) is 0 Å². The molecule has 120 valence electrons. The molecule has 1 rings (SSSR count). The first kappa shape index (κ1) is 17.4. The van der Waals surface area contributed by atoms with Gasteiger partial charge in [0, 0.05) is 0 Å². The van der Waals surface area contributed by atoms with Crippen LogP contribution in [0.4, 0.5) is 43.9 Å². The Hall–Kier alpha value is -0.700. The zero-order valence-electron chi connectivity index (χ0n) is 10.2. The van der Waals surface area contributed by atoms with Crippen LogP contribution in [0.25, 0.3) is 0 Å². The SMILES string of the molecule is CCCC1(F)C(F)(F)C(F)(F)C(C)(F)C(F)(F)C1(F)F. The Morgan fingerprint density at radius 2 is 0.900 bits per heavy atom. The monoisotopic (exact) mass is 320 g/mol. The Balaban J connectivity index is 3.73. The highest BCUT2D eigenvalue weighted by atomic mass is 19.4. The molecule has 0 atom stereocenters. The van der Waals surface area contributed by atoms with Crippen LogP contribution >= 0.6 is 0 Å². The van der Waals surface area contributed by atoms with Gasteiger partial charge in [0.05, 0.1) is 0 Å². The van der Waals surface area contributed by atoms with Crippen LogP contribution in [-0.4, -0.2) is 35.0 Å². The first-order chi connectivity index (χ1) is 8.56. The summed E-state index contributed by atoms with van der Waals surface area (Å²) in [4.78, 5) is 0. The molecule has 20 heavy (non-hydrogen) atoms. The summed E-state index contributed by atoms with van der Waals surface area (Å²) >= 11 is 0. The van der Waals surface area contributed by atoms with E-state index in [0.717, 1.165) is 6.92 Å². The van der Waals surface area contributed by atoms with Gasteiger partial charge in [-0.05, 0) is 13.3 Å². The van der Waals surface area contributed by atoms with Crippen LogP contribution < -0.4 is 0 Å². The third-order valence-corrected chi connectivity index (χ3v) is 3.56. The molecule has 1 fully saturated rings. The lowest BCUT2D eigenvalue weighted by molar-refractivity contribution is -0.457. The zero-order valence-corrected chi connectivity index (χ0v) is 10.2. The molecular formula is C10H10F10. The van der Waals surface area contributed by atoms with Gasteiger partial charge < -0.3 is 0 Å². The van der Waals surface area contributed by atoms with Crippen LogP contribution in [-0.2, 0) is 0 Å². The van der Waals surface area contributed by atoms with Gasteiger partial charge in [-0.3, -0.25) is 0 Å². The lowest BCUT2D eigenvalue weighted by Crippen LogP contribution is -2.84. The summed E-state index contributed by atoms with van der Waals surface area (Å²) < 4.78 is 134. The Morgan fingerprint density at radius 1 is 0.600 bits per heavy atom. The maximum atomic E-state index is 13.8. The van der Waals surface area contributed by atoms with Gasteiger partial charge in [0.25, 0.3) is 0 Å². The molecule has 0 unspecified atom stereocenters. The molecule has 1 aliphatic carbocycles. The summed E-state index contributed by atoms with van der Waals surface area (Å²) in [6, 6.07) is 0. The molecule has 10 heteroatoms. The predicted molar refractivity (Wildman–Crippen MR) is 48.0 cm³/mol. The Kier molecular flexibility index (Phi) is 3.42. The van der Waals surface area contributed by atoms with Crippen LogP contribution in [0, 0.1) is 0 Å². The van der Waals surface area contributed by atoms with Gasteiger partial charge in [-0.1, -0.05) is 13.3 Å². The lowest BCUT2D eigenvalue weighted by Gasteiger charge is -2.54. The van der Waals surface area contributed by atoms with Crippen LogP contribution in [0.2, 0.25) is 0 Å². The summed E-state index contributed by atoms with van der Waals surface area (Å²) in [6.45, 7) is 0.0629. The smallest absolute Gasteiger partial charge is 0.230 e. The van der Waals surface area contributed by atoms with Crippen molar-refractivity contribution in [3.8, 4) is 0 Å². The molecule has 0 aromatic carbocycles. The summed E-state index contributed by atoms with van der Waals surface area (Å²) in [5, 5.41) is 0. The van der Waals surface area contributed by atoms with E-state index in [1.807, 2.05) is 0 Å². The van der Waals surface area contributed by atoms with E-state index < -0.39 is 54.8 Å². The fraction of sp³-hybridized carbons (Fsp3) is 1.00. The first-order valence-corrected chi connectivity index (χ1v) is 5.45. The van der Waals surface area contributed by atoms with Gasteiger partial charge in [-0.25, -0.2) is 8.78 Å². The van der Waals surface area contributed by atoms with Crippen LogP contribution in [0.5, 0.6) is 0 Å². The number of halogens is 10. The molecule has 0 bridgehead atoms. The van der Waals surface area contributed by atoms with E-state index in [2.05, 4.69) is 0 Å². The second-order valence-corrected chi connectivity index (χ2v) is 4.85. The molecule has 0 nitrogen and oxygen atoms in total. The third-order valence-electron chi connectivity index (χ3n) is 3.56. The van der Waals surface area contributed by atoms with E-state index in [1.165, 1.54) is 0 Å². The number of hydrogen-bond acceptors (Lipinski definition) is 0. The molecule has 0 amide bonds. The molecule has 0 N–H and O–H groups in total. The Bertz CT molecular complexity index is 367. The van der Waals surface area contributed by atoms with Gasteiger partial charge in [0.1, 0.15) is 0 Å².